The van der Waals surface area contributed by atoms with Gasteiger partial charge in [0.15, 0.2) is 0 Å². The van der Waals surface area contributed by atoms with E-state index in [0.29, 0.717) is 6.42 Å². The van der Waals surface area contributed by atoms with Crippen molar-refractivity contribution in [1.82, 2.24) is 4.72 Å². The van der Waals surface area contributed by atoms with E-state index in [2.05, 4.69) is 0 Å². The fourth-order valence-electron chi connectivity index (χ4n) is 0.909. The van der Waals surface area contributed by atoms with Crippen LogP contribution >= 0.6 is 0 Å². The lowest BCUT2D eigenvalue weighted by molar-refractivity contribution is -0.121. The van der Waals surface area contributed by atoms with Crippen LogP contribution in [0.1, 0.15) is 33.6 Å². The van der Waals surface area contributed by atoms with Crippen molar-refractivity contribution in [3.05, 3.63) is 0 Å². The third-order valence-electron chi connectivity index (χ3n) is 2.04. The Morgan fingerprint density at radius 1 is 1.40 bits per heavy atom. The molecule has 6 heteroatoms. The summed E-state index contributed by atoms with van der Waals surface area (Å²) in [7, 11) is -3.50. The molecule has 1 amide bonds. The van der Waals surface area contributed by atoms with Crippen molar-refractivity contribution >= 4 is 15.9 Å². The lowest BCUT2D eigenvalue weighted by Gasteiger charge is -2.15. The van der Waals surface area contributed by atoms with E-state index < -0.39 is 22.0 Å². The number of carbonyl (C=O) groups is 1. The van der Waals surface area contributed by atoms with Crippen LogP contribution in [0, 0.1) is 5.92 Å². The van der Waals surface area contributed by atoms with Crippen LogP contribution in [0.3, 0.4) is 0 Å². The van der Waals surface area contributed by atoms with Crippen molar-refractivity contribution in [2.45, 2.75) is 39.7 Å². The average Bonchev–Trinajstić information content (AvgIpc) is 2.12. The minimum absolute atomic E-state index is 0.0277. The van der Waals surface area contributed by atoms with Crippen molar-refractivity contribution in [2.75, 3.05) is 5.75 Å². The smallest absolute Gasteiger partial charge is 0.250 e. The molecule has 0 spiro atoms. The molecule has 0 rings (SSSR count). The van der Waals surface area contributed by atoms with Gasteiger partial charge in [0.1, 0.15) is 0 Å². The van der Waals surface area contributed by atoms with E-state index in [-0.39, 0.29) is 11.7 Å². The van der Waals surface area contributed by atoms with Gasteiger partial charge in [0.2, 0.25) is 10.0 Å². The number of hydrogen-bond donors (Lipinski definition) is 2. The molecule has 3 N–H and O–H groups in total. The summed E-state index contributed by atoms with van der Waals surface area (Å²) < 4.78 is 24.7. The van der Waals surface area contributed by atoms with Crippen molar-refractivity contribution in [1.29, 1.82) is 0 Å². The van der Waals surface area contributed by atoms with Gasteiger partial charge in [-0.25, -0.2) is 8.42 Å². The van der Waals surface area contributed by atoms with E-state index in [9.17, 15) is 13.2 Å². The molecule has 0 unspecified atom stereocenters. The molecule has 0 saturated heterocycles. The van der Waals surface area contributed by atoms with E-state index in [1.807, 2.05) is 11.6 Å². The second-order valence-corrected chi connectivity index (χ2v) is 5.75. The predicted octanol–water partition coefficient (Wildman–Crippen LogP) is 0.216. The van der Waals surface area contributed by atoms with Gasteiger partial charge in [0, 0.05) is 0 Å². The van der Waals surface area contributed by atoms with E-state index in [1.54, 1.807) is 13.8 Å². The Labute approximate surface area is 91.5 Å². The summed E-state index contributed by atoms with van der Waals surface area (Å²) in [6.07, 6.45) is 1.31. The molecule has 0 radical (unpaired) electrons. The van der Waals surface area contributed by atoms with Gasteiger partial charge in [0.05, 0.1) is 11.8 Å². The van der Waals surface area contributed by atoms with Gasteiger partial charge < -0.3 is 5.73 Å². The number of nitrogens with one attached hydrogen (secondary N) is 1. The first kappa shape index (κ1) is 14.4. The van der Waals surface area contributed by atoms with Gasteiger partial charge in [0.25, 0.3) is 5.91 Å². The van der Waals surface area contributed by atoms with Gasteiger partial charge in [-0.05, 0) is 12.3 Å². The first-order chi connectivity index (χ1) is 6.80. The lowest BCUT2D eigenvalue weighted by atomic mass is 10.1. The van der Waals surface area contributed by atoms with Crippen LogP contribution in [-0.2, 0) is 14.8 Å². The molecule has 0 heterocycles. The van der Waals surface area contributed by atoms with Crippen molar-refractivity contribution in [3.63, 3.8) is 0 Å². The molecule has 90 valence electrons. The zero-order chi connectivity index (χ0) is 12.1. The molecule has 0 aromatic heterocycles. The molecule has 15 heavy (non-hydrogen) atoms. The summed E-state index contributed by atoms with van der Waals surface area (Å²) in [6.45, 7) is 5.42. The van der Waals surface area contributed by atoms with E-state index >= 15 is 0 Å². The Kier molecular flexibility index (Phi) is 5.82. The number of hydrogen-bond acceptors (Lipinski definition) is 4. The molecular weight excluding hydrogens is 216 g/mol. The number of sulfonamides is 1. The Balaban J connectivity index is 4.28. The Hall–Kier alpha value is -0.620. The first-order valence-electron chi connectivity index (χ1n) is 5.10. The van der Waals surface area contributed by atoms with Crippen LogP contribution < -0.4 is 10.5 Å². The minimum atomic E-state index is -3.50. The maximum Gasteiger partial charge on any atom is 0.250 e. The highest BCUT2D eigenvalue weighted by molar-refractivity contribution is 7.90. The van der Waals surface area contributed by atoms with Gasteiger partial charge >= 0.3 is 0 Å². The summed E-state index contributed by atoms with van der Waals surface area (Å²) in [6, 6.07) is -0.776. The van der Waals surface area contributed by atoms with E-state index in [4.69, 9.17) is 5.73 Å². The zero-order valence-electron chi connectivity index (χ0n) is 9.49. The molecule has 1 atom stereocenters. The summed E-state index contributed by atoms with van der Waals surface area (Å²) >= 11 is 0. The zero-order valence-corrected chi connectivity index (χ0v) is 10.3. The highest BCUT2D eigenvalue weighted by atomic mass is 32.2. The van der Waals surface area contributed by atoms with Crippen LogP contribution in [0.4, 0.5) is 0 Å². The molecule has 5 nitrogen and oxygen atoms in total. The molecule has 0 aliphatic rings. The fraction of sp³-hybridized carbons (Fsp3) is 0.889. The van der Waals surface area contributed by atoms with Crippen LogP contribution in [-0.4, -0.2) is 26.1 Å². The third-order valence-corrected chi connectivity index (χ3v) is 3.38. The monoisotopic (exact) mass is 236 g/mol. The summed E-state index contributed by atoms with van der Waals surface area (Å²) in [4.78, 5) is 11.3. The number of carbonyl (C=O) groups excluding carboxylic acids is 1. The average molecular weight is 236 g/mol. The number of rotatable bonds is 6. The Morgan fingerprint density at radius 2 is 1.93 bits per heavy atom. The van der Waals surface area contributed by atoms with Gasteiger partial charge in [-0.2, -0.15) is 0 Å². The van der Waals surface area contributed by atoms with Crippen LogP contribution in [0.2, 0.25) is 0 Å². The quantitative estimate of drug-likeness (QED) is 0.690. The lowest BCUT2D eigenvalue weighted by Crippen LogP contribution is -2.46. The largest absolute Gasteiger partial charge is 0.320 e. The molecule has 0 aliphatic heterocycles. The molecule has 0 saturated carbocycles. The van der Waals surface area contributed by atoms with Crippen molar-refractivity contribution < 1.29 is 13.2 Å². The number of nitrogens with two attached hydrogens (primary N) is 1. The number of amides is 1. The van der Waals surface area contributed by atoms with Gasteiger partial charge in [-0.3, -0.25) is 9.52 Å². The molecule has 0 aromatic carbocycles. The topological polar surface area (TPSA) is 89.3 Å². The summed E-state index contributed by atoms with van der Waals surface area (Å²) in [5.74, 6) is -0.729. The molecule has 0 aliphatic carbocycles. The van der Waals surface area contributed by atoms with Crippen LogP contribution in [0.25, 0.3) is 0 Å². The third kappa shape index (κ3) is 5.74. The normalized spacial score (nSPS) is 13.9. The number of unbranched alkanes of at least 4 members (excludes halogenated alkanes) is 1. The van der Waals surface area contributed by atoms with Crippen LogP contribution in [0.15, 0.2) is 0 Å². The maximum absolute atomic E-state index is 11.3. The first-order valence-corrected chi connectivity index (χ1v) is 6.75. The van der Waals surface area contributed by atoms with Crippen LogP contribution in [0.5, 0.6) is 0 Å². The molecule has 0 fully saturated rings. The van der Waals surface area contributed by atoms with Gasteiger partial charge in [-0.15, -0.1) is 0 Å². The minimum Gasteiger partial charge on any atom is -0.320 e. The molecule has 0 bridgehead atoms. The maximum atomic E-state index is 11.3. The molecular formula is C9H20N2O3S. The Morgan fingerprint density at radius 3 is 2.33 bits per heavy atom. The standard InChI is InChI=1S/C9H20N2O3S/c1-4-5-6-15(13,14)11-9(12)8(10)7(2)3/h7-8H,4-6,10H2,1-3H3,(H,11,12)/t8-/m0/s1. The highest BCUT2D eigenvalue weighted by Gasteiger charge is 2.21. The summed E-state index contributed by atoms with van der Waals surface area (Å²) in [5.41, 5.74) is 5.52. The van der Waals surface area contributed by atoms with Gasteiger partial charge in [-0.1, -0.05) is 27.2 Å². The Bertz CT molecular complexity index is 298. The van der Waals surface area contributed by atoms with Crippen molar-refractivity contribution in [3.8, 4) is 0 Å². The van der Waals surface area contributed by atoms with Crippen molar-refractivity contribution in [2.24, 2.45) is 11.7 Å². The molecule has 0 aromatic rings. The second kappa shape index (κ2) is 6.07. The fourth-order valence-corrected chi connectivity index (χ4v) is 2.12. The predicted molar refractivity (Wildman–Crippen MR) is 59.7 cm³/mol. The highest BCUT2D eigenvalue weighted by Crippen LogP contribution is 2.00. The van der Waals surface area contributed by atoms with E-state index in [0.717, 1.165) is 6.42 Å². The SMILES string of the molecule is CCCCS(=O)(=O)NC(=O)[C@@H](N)C(C)C. The second-order valence-electron chi connectivity index (χ2n) is 3.91. The summed E-state index contributed by atoms with van der Waals surface area (Å²) in [5, 5.41) is 0. The van der Waals surface area contributed by atoms with E-state index in [1.165, 1.54) is 0 Å².